The van der Waals surface area contributed by atoms with Crippen molar-refractivity contribution in [1.82, 2.24) is 5.32 Å². The van der Waals surface area contributed by atoms with E-state index in [0.29, 0.717) is 17.0 Å². The predicted octanol–water partition coefficient (Wildman–Crippen LogP) is 6.26. The largest absolute Gasteiger partial charge is 0.483 e. The molecule has 1 atom stereocenters. The van der Waals surface area contributed by atoms with E-state index < -0.39 is 0 Å². The van der Waals surface area contributed by atoms with E-state index in [2.05, 4.69) is 47.3 Å². The van der Waals surface area contributed by atoms with Crippen LogP contribution in [0.5, 0.6) is 5.75 Å². The van der Waals surface area contributed by atoms with Gasteiger partial charge in [-0.25, -0.2) is 0 Å². The number of para-hydroxylation sites is 1. The molecule has 5 nitrogen and oxygen atoms in total. The van der Waals surface area contributed by atoms with Gasteiger partial charge < -0.3 is 15.4 Å². The molecule has 2 amide bonds. The highest BCUT2D eigenvalue weighted by atomic mass is 79.9. The van der Waals surface area contributed by atoms with E-state index in [-0.39, 0.29) is 29.9 Å². The number of hydrogen-bond donors (Lipinski definition) is 2. The lowest BCUT2D eigenvalue weighted by Gasteiger charge is -2.20. The zero-order valence-electron chi connectivity index (χ0n) is 19.3. The number of amides is 2. The summed E-state index contributed by atoms with van der Waals surface area (Å²) in [6.45, 7) is 8.15. The second-order valence-corrected chi connectivity index (χ2v) is 9.74. The third-order valence-corrected chi connectivity index (χ3v) is 5.87. The van der Waals surface area contributed by atoms with Crippen molar-refractivity contribution < 1.29 is 14.3 Å². The zero-order chi connectivity index (χ0) is 24.0. The summed E-state index contributed by atoms with van der Waals surface area (Å²) < 4.78 is 6.49. The van der Waals surface area contributed by atoms with E-state index in [1.807, 2.05) is 55.5 Å². The first kappa shape index (κ1) is 24.5. The molecule has 0 fully saturated rings. The molecule has 6 heteroatoms. The molecule has 0 unspecified atom stereocenters. The summed E-state index contributed by atoms with van der Waals surface area (Å²) in [5.74, 6) is -0.0253. The number of halogens is 1. The van der Waals surface area contributed by atoms with Gasteiger partial charge in [-0.05, 0) is 63.7 Å². The van der Waals surface area contributed by atoms with E-state index in [0.717, 1.165) is 15.6 Å². The molecule has 0 aliphatic heterocycles. The van der Waals surface area contributed by atoms with E-state index in [1.54, 1.807) is 24.3 Å². The quantitative estimate of drug-likeness (QED) is 0.396. The molecule has 3 aromatic rings. The second-order valence-electron chi connectivity index (χ2n) is 8.88. The maximum absolute atomic E-state index is 12.9. The summed E-state index contributed by atoms with van der Waals surface area (Å²) in [6.07, 6.45) is 0. The molecule has 3 aromatic carbocycles. The van der Waals surface area contributed by atoms with Crippen LogP contribution in [0.25, 0.3) is 0 Å². The summed E-state index contributed by atoms with van der Waals surface area (Å²) >= 11 is 3.52. The monoisotopic (exact) mass is 508 g/mol. The molecule has 2 N–H and O–H groups in total. The molecule has 3 rings (SSSR count). The first-order chi connectivity index (χ1) is 15.6. The fraction of sp³-hybridized carbons (Fsp3) is 0.259. The Morgan fingerprint density at radius 3 is 2.30 bits per heavy atom. The van der Waals surface area contributed by atoms with E-state index in [9.17, 15) is 9.59 Å². The van der Waals surface area contributed by atoms with Crippen molar-refractivity contribution in [3.05, 3.63) is 94.0 Å². The van der Waals surface area contributed by atoms with Crippen molar-refractivity contribution >= 4 is 33.4 Å². The van der Waals surface area contributed by atoms with Crippen molar-refractivity contribution in [3.63, 3.8) is 0 Å². The van der Waals surface area contributed by atoms with Crippen molar-refractivity contribution in [2.24, 2.45) is 0 Å². The Balaban J connectivity index is 1.63. The minimum Gasteiger partial charge on any atom is -0.483 e. The minimum atomic E-state index is -0.349. The van der Waals surface area contributed by atoms with E-state index >= 15 is 0 Å². The van der Waals surface area contributed by atoms with Crippen molar-refractivity contribution in [3.8, 4) is 5.75 Å². The molecule has 0 aliphatic rings. The Bertz CT molecular complexity index is 1120. The number of benzene rings is 3. The maximum Gasteiger partial charge on any atom is 0.262 e. The van der Waals surface area contributed by atoms with Gasteiger partial charge in [0.15, 0.2) is 6.61 Å². The molecule has 0 saturated heterocycles. The summed E-state index contributed by atoms with van der Waals surface area (Å²) in [7, 11) is 0. The maximum atomic E-state index is 12.9. The minimum absolute atomic E-state index is 0.0146. The number of carbonyl (C=O) groups excluding carboxylic acids is 2. The van der Waals surface area contributed by atoms with Gasteiger partial charge in [-0.2, -0.15) is 0 Å². The number of nitrogens with one attached hydrogen (secondary N) is 2. The Kier molecular flexibility index (Phi) is 7.92. The van der Waals surface area contributed by atoms with Crippen LogP contribution in [0.15, 0.2) is 77.3 Å². The normalized spacial score (nSPS) is 12.0. The molecule has 0 aromatic heterocycles. The third-order valence-electron chi connectivity index (χ3n) is 5.25. The lowest BCUT2D eigenvalue weighted by atomic mass is 9.87. The van der Waals surface area contributed by atoms with Gasteiger partial charge in [-0.1, -0.05) is 69.3 Å². The van der Waals surface area contributed by atoms with Gasteiger partial charge in [0.25, 0.3) is 11.8 Å². The van der Waals surface area contributed by atoms with Gasteiger partial charge in [0.05, 0.1) is 21.8 Å². The smallest absolute Gasteiger partial charge is 0.262 e. The molecule has 0 bridgehead atoms. The molecule has 172 valence electrons. The standard InChI is InChI=1S/C27H29BrN2O3/c1-18(19-10-6-5-7-11-19)29-26(32)21-12-8-9-13-23(21)30-25(31)17-33-24-15-14-20(16-22(24)28)27(2,3)4/h5-16,18H,17H2,1-4H3,(H,29,32)(H,30,31)/t18-/m1/s1. The summed E-state index contributed by atoms with van der Waals surface area (Å²) in [6, 6.07) is 22.3. The topological polar surface area (TPSA) is 67.4 Å². The van der Waals surface area contributed by atoms with Crippen molar-refractivity contribution in [1.29, 1.82) is 0 Å². The Morgan fingerprint density at radius 2 is 1.64 bits per heavy atom. The van der Waals surface area contributed by atoms with Crippen LogP contribution in [-0.2, 0) is 10.2 Å². The van der Waals surface area contributed by atoms with Crippen LogP contribution in [0.3, 0.4) is 0 Å². The highest BCUT2D eigenvalue weighted by molar-refractivity contribution is 9.10. The molecular formula is C27H29BrN2O3. The molecule has 0 aliphatic carbocycles. The van der Waals surface area contributed by atoms with Crippen LogP contribution in [0.4, 0.5) is 5.69 Å². The fourth-order valence-electron chi connectivity index (χ4n) is 3.30. The van der Waals surface area contributed by atoms with Gasteiger partial charge in [-0.15, -0.1) is 0 Å². The molecule has 0 saturated carbocycles. The first-order valence-electron chi connectivity index (χ1n) is 10.8. The lowest BCUT2D eigenvalue weighted by Crippen LogP contribution is -2.28. The van der Waals surface area contributed by atoms with Crippen molar-refractivity contribution in [2.75, 3.05) is 11.9 Å². The SMILES string of the molecule is C[C@@H](NC(=O)c1ccccc1NC(=O)COc1ccc(C(C)(C)C)cc1Br)c1ccccc1. The fourth-order valence-corrected chi connectivity index (χ4v) is 3.80. The van der Waals surface area contributed by atoms with Gasteiger partial charge in [-0.3, -0.25) is 9.59 Å². The molecule has 33 heavy (non-hydrogen) atoms. The van der Waals surface area contributed by atoms with Crippen LogP contribution in [-0.4, -0.2) is 18.4 Å². The highest BCUT2D eigenvalue weighted by Crippen LogP contribution is 2.31. The van der Waals surface area contributed by atoms with Crippen LogP contribution >= 0.6 is 15.9 Å². The van der Waals surface area contributed by atoms with Gasteiger partial charge in [0.2, 0.25) is 0 Å². The Hall–Kier alpha value is -3.12. The molecule has 0 radical (unpaired) electrons. The lowest BCUT2D eigenvalue weighted by molar-refractivity contribution is -0.118. The van der Waals surface area contributed by atoms with Gasteiger partial charge in [0.1, 0.15) is 5.75 Å². The summed E-state index contributed by atoms with van der Waals surface area (Å²) in [5, 5.41) is 5.77. The van der Waals surface area contributed by atoms with Crippen LogP contribution < -0.4 is 15.4 Å². The number of rotatable bonds is 7. The van der Waals surface area contributed by atoms with Crippen molar-refractivity contribution in [2.45, 2.75) is 39.2 Å². The average Bonchev–Trinajstić information content (AvgIpc) is 2.78. The predicted molar refractivity (Wildman–Crippen MR) is 136 cm³/mol. The van der Waals surface area contributed by atoms with Crippen LogP contribution in [0, 0.1) is 0 Å². The second kappa shape index (κ2) is 10.7. The number of carbonyl (C=O) groups is 2. The van der Waals surface area contributed by atoms with E-state index in [4.69, 9.17) is 4.74 Å². The number of hydrogen-bond acceptors (Lipinski definition) is 3. The molecular weight excluding hydrogens is 480 g/mol. The summed E-state index contributed by atoms with van der Waals surface area (Å²) in [4.78, 5) is 25.4. The number of ether oxygens (including phenoxy) is 1. The zero-order valence-corrected chi connectivity index (χ0v) is 20.9. The number of anilines is 1. The van der Waals surface area contributed by atoms with Crippen LogP contribution in [0.1, 0.15) is 55.2 Å². The van der Waals surface area contributed by atoms with E-state index in [1.165, 1.54) is 0 Å². The third kappa shape index (κ3) is 6.68. The molecule has 0 spiro atoms. The van der Waals surface area contributed by atoms with Crippen LogP contribution in [0.2, 0.25) is 0 Å². The first-order valence-corrected chi connectivity index (χ1v) is 11.6. The highest BCUT2D eigenvalue weighted by Gasteiger charge is 2.18. The average molecular weight is 509 g/mol. The van der Waals surface area contributed by atoms with Gasteiger partial charge >= 0.3 is 0 Å². The summed E-state index contributed by atoms with van der Waals surface area (Å²) in [5.41, 5.74) is 3.01. The Labute approximate surface area is 203 Å². The Morgan fingerprint density at radius 1 is 0.970 bits per heavy atom. The molecule has 0 heterocycles. The van der Waals surface area contributed by atoms with Gasteiger partial charge in [0, 0.05) is 0 Å².